The van der Waals surface area contributed by atoms with E-state index < -0.39 is 0 Å². The van der Waals surface area contributed by atoms with Crippen molar-refractivity contribution in [1.82, 2.24) is 19.9 Å². The smallest absolute Gasteiger partial charge is 0.242 e. The summed E-state index contributed by atoms with van der Waals surface area (Å²) in [5, 5.41) is 0. The van der Waals surface area contributed by atoms with E-state index in [0.29, 0.717) is 18.5 Å². The van der Waals surface area contributed by atoms with Crippen molar-refractivity contribution in [2.75, 3.05) is 31.6 Å². The summed E-state index contributed by atoms with van der Waals surface area (Å²) in [6.07, 6.45) is 13.2. The van der Waals surface area contributed by atoms with Crippen LogP contribution in [0, 0.1) is 0 Å². The number of nitrogens with zero attached hydrogens (tertiary/aromatic N) is 5. The van der Waals surface area contributed by atoms with Gasteiger partial charge in [0.2, 0.25) is 5.91 Å². The van der Waals surface area contributed by atoms with E-state index >= 15 is 0 Å². The molecule has 2 aliphatic carbocycles. The Labute approximate surface area is 190 Å². The number of fused-ring (bicyclic) bond motifs is 1. The average molecular weight is 436 g/mol. The first-order valence-corrected chi connectivity index (χ1v) is 12.2. The minimum absolute atomic E-state index is 0.184. The molecule has 2 aromatic rings. The zero-order chi connectivity index (χ0) is 21.9. The van der Waals surface area contributed by atoms with E-state index in [1.54, 1.807) is 6.20 Å². The fraction of sp³-hybridized carbons (Fsp3) is 0.600. The zero-order valence-electron chi connectivity index (χ0n) is 19.1. The largest absolute Gasteiger partial charge is 0.490 e. The Kier molecular flexibility index (Phi) is 6.23. The van der Waals surface area contributed by atoms with Crippen LogP contribution in [-0.4, -0.2) is 58.5 Å². The number of hydrogen-bond acceptors (Lipinski definition) is 6. The second kappa shape index (κ2) is 9.43. The van der Waals surface area contributed by atoms with Gasteiger partial charge in [0.25, 0.3) is 0 Å². The number of carbonyl (C=O) groups excluding carboxylic acids is 1. The summed E-state index contributed by atoms with van der Waals surface area (Å²) >= 11 is 0. The first-order valence-electron chi connectivity index (χ1n) is 12.2. The number of pyridine rings is 1. The number of rotatable bonds is 6. The van der Waals surface area contributed by atoms with Gasteiger partial charge in [0.15, 0.2) is 5.82 Å². The van der Waals surface area contributed by atoms with E-state index in [-0.39, 0.29) is 5.91 Å². The van der Waals surface area contributed by atoms with Crippen molar-refractivity contribution < 1.29 is 9.53 Å². The Balaban J connectivity index is 1.39. The third-order valence-corrected chi connectivity index (χ3v) is 6.92. The molecule has 0 bridgehead atoms. The predicted molar refractivity (Wildman–Crippen MR) is 124 cm³/mol. The Morgan fingerprint density at radius 2 is 1.91 bits per heavy atom. The number of piperidine rings is 1. The standard InChI is InChI=1S/C25H33N5O2/c1-29(17-23(31)30-14-5-2-6-15-30)25-20-10-7-11-21(20)27-24(28-25)22-16-19(12-13-26-22)32-18-8-3-4-9-18/h12-13,16,18H,2-11,14-15,17H2,1H3. The summed E-state index contributed by atoms with van der Waals surface area (Å²) in [4.78, 5) is 31.2. The maximum atomic E-state index is 12.9. The van der Waals surface area contributed by atoms with Crippen LogP contribution in [0.5, 0.6) is 5.75 Å². The van der Waals surface area contributed by atoms with Gasteiger partial charge in [0.1, 0.15) is 17.3 Å². The summed E-state index contributed by atoms with van der Waals surface area (Å²) in [5.74, 6) is 2.51. The van der Waals surface area contributed by atoms with Crippen molar-refractivity contribution in [1.29, 1.82) is 0 Å². The van der Waals surface area contributed by atoms with E-state index in [2.05, 4.69) is 4.98 Å². The summed E-state index contributed by atoms with van der Waals surface area (Å²) < 4.78 is 6.17. The van der Waals surface area contributed by atoms with E-state index in [1.807, 2.05) is 29.0 Å². The van der Waals surface area contributed by atoms with Gasteiger partial charge in [-0.3, -0.25) is 9.78 Å². The lowest BCUT2D eigenvalue weighted by Gasteiger charge is -2.29. The van der Waals surface area contributed by atoms with Gasteiger partial charge < -0.3 is 14.5 Å². The van der Waals surface area contributed by atoms with Gasteiger partial charge in [-0.25, -0.2) is 9.97 Å². The lowest BCUT2D eigenvalue weighted by Crippen LogP contribution is -2.42. The summed E-state index contributed by atoms with van der Waals surface area (Å²) in [6, 6.07) is 3.87. The molecule has 1 saturated heterocycles. The van der Waals surface area contributed by atoms with Crippen LogP contribution < -0.4 is 9.64 Å². The molecule has 1 aliphatic heterocycles. The van der Waals surface area contributed by atoms with Crippen LogP contribution in [0.1, 0.15) is 62.6 Å². The minimum Gasteiger partial charge on any atom is -0.490 e. The number of likely N-dealkylation sites (N-methyl/N-ethyl adjacent to an activating group) is 1. The minimum atomic E-state index is 0.184. The molecule has 0 aromatic carbocycles. The normalized spacial score (nSPS) is 18.6. The van der Waals surface area contributed by atoms with Crippen molar-refractivity contribution in [2.24, 2.45) is 0 Å². The number of ether oxygens (including phenoxy) is 1. The van der Waals surface area contributed by atoms with E-state index in [0.717, 1.165) is 81.0 Å². The highest BCUT2D eigenvalue weighted by Crippen LogP contribution is 2.32. The molecular formula is C25H33N5O2. The van der Waals surface area contributed by atoms with Crippen LogP contribution in [0.25, 0.3) is 11.5 Å². The number of likely N-dealkylation sites (tertiary alicyclic amines) is 1. The number of carbonyl (C=O) groups is 1. The van der Waals surface area contributed by atoms with Gasteiger partial charge in [0.05, 0.1) is 12.6 Å². The molecule has 7 nitrogen and oxygen atoms in total. The molecule has 1 saturated carbocycles. The van der Waals surface area contributed by atoms with Gasteiger partial charge in [0, 0.05) is 43.7 Å². The Morgan fingerprint density at radius 3 is 2.72 bits per heavy atom. The molecule has 0 radical (unpaired) electrons. The summed E-state index contributed by atoms with van der Waals surface area (Å²) in [6.45, 7) is 2.09. The Hall–Kier alpha value is -2.70. The monoisotopic (exact) mass is 435 g/mol. The number of hydrogen-bond donors (Lipinski definition) is 0. The first-order chi connectivity index (χ1) is 15.7. The number of anilines is 1. The molecule has 32 heavy (non-hydrogen) atoms. The second-order valence-corrected chi connectivity index (χ2v) is 9.35. The van der Waals surface area contributed by atoms with Gasteiger partial charge in [-0.15, -0.1) is 0 Å². The maximum absolute atomic E-state index is 12.9. The maximum Gasteiger partial charge on any atom is 0.242 e. The van der Waals surface area contributed by atoms with Crippen molar-refractivity contribution >= 4 is 11.7 Å². The molecule has 0 spiro atoms. The third-order valence-electron chi connectivity index (χ3n) is 6.92. The molecule has 170 valence electrons. The molecular weight excluding hydrogens is 402 g/mol. The first kappa shape index (κ1) is 21.2. The second-order valence-electron chi connectivity index (χ2n) is 9.35. The zero-order valence-corrected chi connectivity index (χ0v) is 19.1. The fourth-order valence-corrected chi connectivity index (χ4v) is 5.17. The van der Waals surface area contributed by atoms with Crippen LogP contribution in [0.15, 0.2) is 18.3 Å². The van der Waals surface area contributed by atoms with Crippen LogP contribution in [-0.2, 0) is 17.6 Å². The van der Waals surface area contributed by atoms with Crippen molar-refractivity contribution in [3.05, 3.63) is 29.6 Å². The van der Waals surface area contributed by atoms with Crippen LogP contribution in [0.3, 0.4) is 0 Å². The molecule has 2 fully saturated rings. The van der Waals surface area contributed by atoms with E-state index in [4.69, 9.17) is 14.7 Å². The number of aromatic nitrogens is 3. The van der Waals surface area contributed by atoms with Crippen molar-refractivity contribution in [3.8, 4) is 17.3 Å². The van der Waals surface area contributed by atoms with Crippen LogP contribution in [0.2, 0.25) is 0 Å². The number of amides is 1. The van der Waals surface area contributed by atoms with E-state index in [1.165, 1.54) is 24.8 Å². The molecule has 7 heteroatoms. The molecule has 0 atom stereocenters. The van der Waals surface area contributed by atoms with E-state index in [9.17, 15) is 4.79 Å². The molecule has 0 N–H and O–H groups in total. The van der Waals surface area contributed by atoms with Gasteiger partial charge in [-0.1, -0.05) is 0 Å². The number of aryl methyl sites for hydroxylation is 1. The summed E-state index contributed by atoms with van der Waals surface area (Å²) in [7, 11) is 1.97. The quantitative estimate of drug-likeness (QED) is 0.687. The van der Waals surface area contributed by atoms with Crippen molar-refractivity contribution in [3.63, 3.8) is 0 Å². The highest BCUT2D eigenvalue weighted by atomic mass is 16.5. The highest BCUT2D eigenvalue weighted by molar-refractivity contribution is 5.81. The third kappa shape index (κ3) is 4.57. The van der Waals surface area contributed by atoms with Crippen LogP contribution in [0.4, 0.5) is 5.82 Å². The molecule has 3 aliphatic rings. The molecule has 0 unspecified atom stereocenters. The highest BCUT2D eigenvalue weighted by Gasteiger charge is 2.25. The lowest BCUT2D eigenvalue weighted by molar-refractivity contribution is -0.130. The van der Waals surface area contributed by atoms with Gasteiger partial charge in [-0.2, -0.15) is 0 Å². The molecule has 3 heterocycles. The summed E-state index contributed by atoms with van der Waals surface area (Å²) in [5.41, 5.74) is 3.00. The molecule has 2 aromatic heterocycles. The average Bonchev–Trinajstić information content (AvgIpc) is 3.51. The SMILES string of the molecule is CN(CC(=O)N1CCCCC1)c1nc(-c2cc(OC3CCCC3)ccn2)nc2c1CCC2. The topological polar surface area (TPSA) is 71.5 Å². The molecule has 1 amide bonds. The fourth-order valence-electron chi connectivity index (χ4n) is 5.17. The Bertz CT molecular complexity index is 967. The van der Waals surface area contributed by atoms with Gasteiger partial charge in [-0.05, 0) is 70.3 Å². The van der Waals surface area contributed by atoms with Gasteiger partial charge >= 0.3 is 0 Å². The predicted octanol–water partition coefficient (Wildman–Crippen LogP) is 3.80. The Morgan fingerprint density at radius 1 is 1.09 bits per heavy atom. The van der Waals surface area contributed by atoms with Crippen molar-refractivity contribution in [2.45, 2.75) is 70.3 Å². The van der Waals surface area contributed by atoms with Crippen LogP contribution >= 0.6 is 0 Å². The molecule has 5 rings (SSSR count). The lowest BCUT2D eigenvalue weighted by atomic mass is 10.1.